The Hall–Kier alpha value is -3.13. The van der Waals surface area contributed by atoms with Gasteiger partial charge in [0.15, 0.2) is 23.7 Å². The number of methoxy groups -OCH3 is 1. The second-order valence-electron chi connectivity index (χ2n) is 8.02. The zero-order chi connectivity index (χ0) is 22.7. The monoisotopic (exact) mass is 439 g/mol. The summed E-state index contributed by atoms with van der Waals surface area (Å²) < 4.78 is 24.6. The summed E-state index contributed by atoms with van der Waals surface area (Å²) in [5.41, 5.74) is 3.73. The molecule has 1 aromatic carbocycles. The molecule has 2 aromatic heterocycles. The molecule has 1 aliphatic heterocycles. The Morgan fingerprint density at radius 2 is 2.06 bits per heavy atom. The molecule has 0 fully saturated rings. The number of nitrogens with zero attached hydrogens (tertiary/aromatic N) is 3. The van der Waals surface area contributed by atoms with Crippen molar-refractivity contribution in [2.24, 2.45) is 0 Å². The van der Waals surface area contributed by atoms with Crippen molar-refractivity contribution in [2.45, 2.75) is 59.3 Å². The summed E-state index contributed by atoms with van der Waals surface area (Å²) in [5.74, 6) is 2.33. The largest absolute Gasteiger partial charge is 0.484 e. The molecule has 32 heavy (non-hydrogen) atoms. The van der Waals surface area contributed by atoms with E-state index in [4.69, 9.17) is 18.7 Å². The van der Waals surface area contributed by atoms with Gasteiger partial charge in [0.1, 0.15) is 12.4 Å². The second-order valence-corrected chi connectivity index (χ2v) is 8.02. The predicted molar refractivity (Wildman–Crippen MR) is 119 cm³/mol. The Kier molecular flexibility index (Phi) is 6.60. The first-order valence-corrected chi connectivity index (χ1v) is 11.0. The van der Waals surface area contributed by atoms with Crippen LogP contribution in [0.25, 0.3) is 11.3 Å². The molecule has 8 heteroatoms. The van der Waals surface area contributed by atoms with Crippen molar-refractivity contribution < 1.29 is 18.7 Å². The average molecular weight is 440 g/mol. The van der Waals surface area contributed by atoms with Crippen LogP contribution in [-0.4, -0.2) is 34.5 Å². The summed E-state index contributed by atoms with van der Waals surface area (Å²) in [6.45, 7) is 7.10. The minimum atomic E-state index is -0.0318. The van der Waals surface area contributed by atoms with Gasteiger partial charge in [-0.15, -0.1) is 0 Å². The molecule has 1 unspecified atom stereocenters. The van der Waals surface area contributed by atoms with Crippen molar-refractivity contribution >= 4 is 0 Å². The number of fused-ring (bicyclic) bond motifs is 3. The molecule has 0 spiro atoms. The number of aryl methyl sites for hydroxylation is 2. The number of hydrogen-bond donors (Lipinski definition) is 0. The zero-order valence-electron chi connectivity index (χ0n) is 19.0. The van der Waals surface area contributed by atoms with Gasteiger partial charge in [0, 0.05) is 30.8 Å². The maximum Gasteiger partial charge on any atom is 0.264 e. The van der Waals surface area contributed by atoms with E-state index in [1.54, 1.807) is 20.1 Å². The zero-order valence-corrected chi connectivity index (χ0v) is 19.0. The third-order valence-corrected chi connectivity index (χ3v) is 5.74. The fourth-order valence-electron chi connectivity index (χ4n) is 4.06. The van der Waals surface area contributed by atoms with Gasteiger partial charge in [0.05, 0.1) is 11.8 Å². The normalized spacial score (nSPS) is 13.4. The summed E-state index contributed by atoms with van der Waals surface area (Å²) in [6.07, 6.45) is 2.73. The van der Waals surface area contributed by atoms with Gasteiger partial charge in [-0.3, -0.25) is 4.79 Å². The highest BCUT2D eigenvalue weighted by atomic mass is 16.5. The molecule has 0 bridgehead atoms. The van der Waals surface area contributed by atoms with Crippen LogP contribution < -0.4 is 14.9 Å². The van der Waals surface area contributed by atoms with Gasteiger partial charge in [0.25, 0.3) is 5.89 Å². The number of ether oxygens (including phenoxy) is 3. The first-order valence-electron chi connectivity index (χ1n) is 11.0. The third-order valence-electron chi connectivity index (χ3n) is 5.74. The molecule has 3 heterocycles. The van der Waals surface area contributed by atoms with E-state index in [1.165, 1.54) is 0 Å². The number of pyridine rings is 1. The maximum atomic E-state index is 12.7. The molecule has 3 aromatic rings. The van der Waals surface area contributed by atoms with E-state index < -0.39 is 0 Å². The number of hydrogen-bond acceptors (Lipinski definition) is 7. The van der Waals surface area contributed by atoms with E-state index >= 15 is 0 Å². The van der Waals surface area contributed by atoms with Crippen LogP contribution in [0.1, 0.15) is 42.6 Å². The minimum absolute atomic E-state index is 0.00544. The van der Waals surface area contributed by atoms with Crippen LogP contribution in [0.5, 0.6) is 11.6 Å². The topological polar surface area (TPSA) is 88.6 Å². The molecular weight excluding hydrogens is 410 g/mol. The molecule has 1 aliphatic rings. The molecule has 0 amide bonds. The molecular formula is C24H29N3O5. The summed E-state index contributed by atoms with van der Waals surface area (Å²) >= 11 is 0. The lowest BCUT2D eigenvalue weighted by Gasteiger charge is -2.27. The minimum Gasteiger partial charge on any atom is -0.484 e. The Morgan fingerprint density at radius 3 is 2.78 bits per heavy atom. The molecule has 0 radical (unpaired) electrons. The summed E-state index contributed by atoms with van der Waals surface area (Å²) in [4.78, 5) is 16.9. The standard InChI is InChI=1S/C24H29N3O5/c1-5-6-19(29-4)13-31-23-12-21(28)15(2)24-20-8-7-18(11-17(20)9-10-27(23)24)30-14-22-25-16(3)26-32-22/h7-8,11-12,19H,5-6,9-10,13-14H2,1-4H3. The van der Waals surface area contributed by atoms with E-state index in [0.717, 1.165) is 48.4 Å². The van der Waals surface area contributed by atoms with Crippen molar-refractivity contribution in [3.8, 4) is 22.9 Å². The predicted octanol–water partition coefficient (Wildman–Crippen LogP) is 3.84. The van der Waals surface area contributed by atoms with Crippen molar-refractivity contribution in [3.63, 3.8) is 0 Å². The maximum absolute atomic E-state index is 12.7. The highest BCUT2D eigenvalue weighted by Gasteiger charge is 2.23. The Labute approximate surface area is 187 Å². The van der Waals surface area contributed by atoms with Crippen LogP contribution in [0.15, 0.2) is 33.6 Å². The Morgan fingerprint density at radius 1 is 1.22 bits per heavy atom. The number of rotatable bonds is 9. The first-order chi connectivity index (χ1) is 15.5. The fourth-order valence-corrected chi connectivity index (χ4v) is 4.06. The summed E-state index contributed by atoms with van der Waals surface area (Å²) in [5, 5.41) is 3.77. The average Bonchev–Trinajstić information content (AvgIpc) is 3.22. The van der Waals surface area contributed by atoms with Gasteiger partial charge in [0.2, 0.25) is 0 Å². The smallest absolute Gasteiger partial charge is 0.264 e. The van der Waals surface area contributed by atoms with Crippen LogP contribution >= 0.6 is 0 Å². The van der Waals surface area contributed by atoms with E-state index in [-0.39, 0.29) is 18.1 Å². The number of benzene rings is 1. The van der Waals surface area contributed by atoms with Gasteiger partial charge in [-0.1, -0.05) is 18.5 Å². The lowest BCUT2D eigenvalue weighted by molar-refractivity contribution is 0.0484. The summed E-state index contributed by atoms with van der Waals surface area (Å²) in [7, 11) is 1.69. The van der Waals surface area contributed by atoms with Crippen LogP contribution in [0.3, 0.4) is 0 Å². The van der Waals surface area contributed by atoms with E-state index in [2.05, 4.69) is 21.6 Å². The lowest BCUT2D eigenvalue weighted by Crippen LogP contribution is -2.25. The van der Waals surface area contributed by atoms with Crippen molar-refractivity contribution in [1.82, 2.24) is 14.7 Å². The molecule has 8 nitrogen and oxygen atoms in total. The summed E-state index contributed by atoms with van der Waals surface area (Å²) in [6, 6.07) is 7.51. The highest BCUT2D eigenvalue weighted by Crippen LogP contribution is 2.35. The van der Waals surface area contributed by atoms with Crippen molar-refractivity contribution in [2.75, 3.05) is 13.7 Å². The number of aromatic nitrogens is 3. The molecule has 170 valence electrons. The molecule has 4 rings (SSSR count). The van der Waals surface area contributed by atoms with Crippen LogP contribution in [0.2, 0.25) is 0 Å². The molecule has 0 aliphatic carbocycles. The van der Waals surface area contributed by atoms with Gasteiger partial charge in [-0.25, -0.2) is 0 Å². The van der Waals surface area contributed by atoms with Gasteiger partial charge in [-0.2, -0.15) is 4.98 Å². The molecule has 1 atom stereocenters. The quantitative estimate of drug-likeness (QED) is 0.500. The molecule has 0 saturated carbocycles. The third kappa shape index (κ3) is 4.55. The van der Waals surface area contributed by atoms with Gasteiger partial charge >= 0.3 is 0 Å². The fraction of sp³-hybridized carbons (Fsp3) is 0.458. The highest BCUT2D eigenvalue weighted by molar-refractivity contribution is 5.70. The van der Waals surface area contributed by atoms with Gasteiger partial charge in [-0.05, 0) is 50.5 Å². The van der Waals surface area contributed by atoms with Crippen LogP contribution in [0.4, 0.5) is 0 Å². The van der Waals surface area contributed by atoms with Crippen LogP contribution in [-0.2, 0) is 24.3 Å². The molecule has 0 saturated heterocycles. The van der Waals surface area contributed by atoms with E-state index in [1.807, 2.05) is 25.1 Å². The van der Waals surface area contributed by atoms with Crippen LogP contribution in [0, 0.1) is 13.8 Å². The van der Waals surface area contributed by atoms with Crippen molar-refractivity contribution in [1.29, 1.82) is 0 Å². The Balaban J connectivity index is 1.59. The lowest BCUT2D eigenvalue weighted by atomic mass is 9.94. The van der Waals surface area contributed by atoms with E-state index in [9.17, 15) is 4.79 Å². The van der Waals surface area contributed by atoms with E-state index in [0.29, 0.717) is 29.8 Å². The molecule has 0 N–H and O–H groups in total. The van der Waals surface area contributed by atoms with Crippen molar-refractivity contribution in [3.05, 3.63) is 57.3 Å². The van der Waals surface area contributed by atoms with Gasteiger partial charge < -0.3 is 23.3 Å². The SMILES string of the molecule is CCCC(COc1cc(=O)c(C)c2n1CCc1cc(OCc3nc(C)no3)ccc1-2)OC. The second kappa shape index (κ2) is 9.56. The first kappa shape index (κ1) is 22.1. The Bertz CT molecular complexity index is 1150.